The van der Waals surface area contributed by atoms with Crippen molar-refractivity contribution in [2.45, 2.75) is 12.8 Å². The molecular formula is C10H20N2O3. The molecule has 0 atom stereocenters. The fourth-order valence-electron chi connectivity index (χ4n) is 1.63. The van der Waals surface area contributed by atoms with Gasteiger partial charge in [-0.1, -0.05) is 0 Å². The normalized spacial score (nSPS) is 17.5. The molecule has 88 valence electrons. The van der Waals surface area contributed by atoms with Gasteiger partial charge in [0.25, 0.3) is 0 Å². The Balaban J connectivity index is 2.50. The third kappa shape index (κ3) is 2.90. The molecule has 1 rings (SSSR count). The summed E-state index contributed by atoms with van der Waals surface area (Å²) in [5, 5.41) is 8.88. The van der Waals surface area contributed by atoms with Crippen molar-refractivity contribution in [2.24, 2.45) is 11.1 Å². The van der Waals surface area contributed by atoms with Crippen molar-refractivity contribution in [3.05, 3.63) is 0 Å². The highest BCUT2D eigenvalue weighted by molar-refractivity contribution is 5.85. The zero-order valence-corrected chi connectivity index (χ0v) is 9.24. The molecule has 0 saturated heterocycles. The Bertz CT molecular complexity index is 217. The lowest BCUT2D eigenvalue weighted by Crippen LogP contribution is -2.43. The fraction of sp³-hybridized carbons (Fsp3) is 0.900. The Morgan fingerprint density at radius 3 is 2.60 bits per heavy atom. The van der Waals surface area contributed by atoms with Crippen LogP contribution in [0.3, 0.4) is 0 Å². The number of carbonyl (C=O) groups is 1. The van der Waals surface area contributed by atoms with E-state index in [4.69, 9.17) is 15.6 Å². The second-order valence-corrected chi connectivity index (χ2v) is 3.99. The van der Waals surface area contributed by atoms with Crippen LogP contribution in [0, 0.1) is 5.41 Å². The number of hydrogen-bond acceptors (Lipinski definition) is 4. The van der Waals surface area contributed by atoms with Gasteiger partial charge in [-0.2, -0.15) is 0 Å². The predicted molar refractivity (Wildman–Crippen MR) is 56.3 cm³/mol. The van der Waals surface area contributed by atoms with Crippen molar-refractivity contribution >= 4 is 5.91 Å². The number of carbonyl (C=O) groups excluding carboxylic acids is 1. The first-order valence-electron chi connectivity index (χ1n) is 5.29. The maximum Gasteiger partial charge on any atom is 0.230 e. The molecule has 0 aliphatic heterocycles. The second-order valence-electron chi connectivity index (χ2n) is 3.99. The first-order chi connectivity index (χ1) is 7.20. The predicted octanol–water partition coefficient (Wildman–Crippen LogP) is -0.807. The SMILES string of the molecule is COCCN(CCO)C(=O)C1(CN)CC1. The van der Waals surface area contributed by atoms with E-state index in [2.05, 4.69) is 0 Å². The average molecular weight is 216 g/mol. The summed E-state index contributed by atoms with van der Waals surface area (Å²) in [6.45, 7) is 1.77. The first-order valence-corrected chi connectivity index (χ1v) is 5.29. The van der Waals surface area contributed by atoms with E-state index in [-0.39, 0.29) is 17.9 Å². The van der Waals surface area contributed by atoms with Crippen molar-refractivity contribution in [2.75, 3.05) is 40.0 Å². The lowest BCUT2D eigenvalue weighted by molar-refractivity contribution is -0.137. The lowest BCUT2D eigenvalue weighted by Gasteiger charge is -2.25. The summed E-state index contributed by atoms with van der Waals surface area (Å²) in [7, 11) is 1.59. The van der Waals surface area contributed by atoms with Crippen molar-refractivity contribution in [1.82, 2.24) is 4.90 Å². The van der Waals surface area contributed by atoms with E-state index in [0.29, 0.717) is 26.2 Å². The third-order valence-electron chi connectivity index (χ3n) is 2.92. The monoisotopic (exact) mass is 216 g/mol. The van der Waals surface area contributed by atoms with Gasteiger partial charge in [0.1, 0.15) is 0 Å². The highest BCUT2D eigenvalue weighted by atomic mass is 16.5. The molecule has 0 unspecified atom stereocenters. The summed E-state index contributed by atoms with van der Waals surface area (Å²) in [5.74, 6) is 0.0658. The number of ether oxygens (including phenoxy) is 1. The number of hydrogen-bond donors (Lipinski definition) is 2. The molecule has 0 heterocycles. The van der Waals surface area contributed by atoms with E-state index in [0.717, 1.165) is 12.8 Å². The smallest absolute Gasteiger partial charge is 0.230 e. The topological polar surface area (TPSA) is 75.8 Å². The molecular weight excluding hydrogens is 196 g/mol. The van der Waals surface area contributed by atoms with Crippen LogP contribution < -0.4 is 5.73 Å². The molecule has 3 N–H and O–H groups in total. The number of nitrogens with zero attached hydrogens (tertiary/aromatic N) is 1. The number of amides is 1. The quantitative estimate of drug-likeness (QED) is 0.584. The maximum atomic E-state index is 12.0. The minimum atomic E-state index is -0.330. The molecule has 0 spiro atoms. The van der Waals surface area contributed by atoms with Gasteiger partial charge >= 0.3 is 0 Å². The average Bonchev–Trinajstić information content (AvgIpc) is 3.04. The number of rotatable bonds is 7. The van der Waals surface area contributed by atoms with Gasteiger partial charge in [0, 0.05) is 26.7 Å². The number of aliphatic hydroxyl groups excluding tert-OH is 1. The van der Waals surface area contributed by atoms with E-state index >= 15 is 0 Å². The van der Waals surface area contributed by atoms with Crippen LogP contribution in [0.4, 0.5) is 0 Å². The lowest BCUT2D eigenvalue weighted by atomic mass is 10.1. The molecule has 0 radical (unpaired) electrons. The Morgan fingerprint density at radius 1 is 1.53 bits per heavy atom. The molecule has 0 bridgehead atoms. The van der Waals surface area contributed by atoms with Crippen LogP contribution in [-0.4, -0.2) is 55.9 Å². The van der Waals surface area contributed by atoms with Crippen LogP contribution in [0.5, 0.6) is 0 Å². The van der Waals surface area contributed by atoms with Crippen molar-refractivity contribution < 1.29 is 14.6 Å². The van der Waals surface area contributed by atoms with Gasteiger partial charge in [-0.15, -0.1) is 0 Å². The Hall–Kier alpha value is -0.650. The van der Waals surface area contributed by atoms with Crippen LogP contribution in [0.1, 0.15) is 12.8 Å². The number of aliphatic hydroxyl groups is 1. The van der Waals surface area contributed by atoms with Crippen molar-refractivity contribution in [3.63, 3.8) is 0 Å². The maximum absolute atomic E-state index is 12.0. The van der Waals surface area contributed by atoms with Gasteiger partial charge in [-0.05, 0) is 12.8 Å². The summed E-state index contributed by atoms with van der Waals surface area (Å²) in [4.78, 5) is 13.7. The molecule has 1 amide bonds. The van der Waals surface area contributed by atoms with Crippen LogP contribution in [0.2, 0.25) is 0 Å². The molecule has 1 aliphatic rings. The first kappa shape index (κ1) is 12.4. The zero-order valence-electron chi connectivity index (χ0n) is 9.24. The molecule has 5 heteroatoms. The summed E-state index contributed by atoms with van der Waals surface area (Å²) in [5.41, 5.74) is 5.26. The minimum Gasteiger partial charge on any atom is -0.395 e. The zero-order chi connectivity index (χ0) is 11.3. The Kier molecular flexibility index (Phi) is 4.50. The van der Waals surface area contributed by atoms with Crippen LogP contribution in [-0.2, 0) is 9.53 Å². The summed E-state index contributed by atoms with van der Waals surface area (Å²) >= 11 is 0. The highest BCUT2D eigenvalue weighted by Crippen LogP contribution is 2.46. The molecule has 0 aromatic rings. The van der Waals surface area contributed by atoms with Gasteiger partial charge < -0.3 is 20.5 Å². The number of nitrogens with two attached hydrogens (primary N) is 1. The van der Waals surface area contributed by atoms with Crippen LogP contribution in [0.25, 0.3) is 0 Å². The highest BCUT2D eigenvalue weighted by Gasteiger charge is 2.50. The molecule has 0 aromatic heterocycles. The van der Waals surface area contributed by atoms with E-state index in [1.54, 1.807) is 12.0 Å². The largest absolute Gasteiger partial charge is 0.395 e. The molecule has 0 aromatic carbocycles. The number of methoxy groups -OCH3 is 1. The van der Waals surface area contributed by atoms with Crippen molar-refractivity contribution in [1.29, 1.82) is 0 Å². The third-order valence-corrected chi connectivity index (χ3v) is 2.92. The summed E-state index contributed by atoms with van der Waals surface area (Å²) in [6, 6.07) is 0. The van der Waals surface area contributed by atoms with Gasteiger partial charge in [-0.25, -0.2) is 0 Å². The second kappa shape index (κ2) is 5.44. The minimum absolute atomic E-state index is 0.0178. The Labute approximate surface area is 90.2 Å². The summed E-state index contributed by atoms with van der Waals surface area (Å²) < 4.78 is 4.93. The van der Waals surface area contributed by atoms with E-state index in [1.165, 1.54) is 0 Å². The van der Waals surface area contributed by atoms with Crippen LogP contribution in [0.15, 0.2) is 0 Å². The molecule has 1 aliphatic carbocycles. The Morgan fingerprint density at radius 2 is 2.20 bits per heavy atom. The van der Waals surface area contributed by atoms with Gasteiger partial charge in [0.15, 0.2) is 0 Å². The molecule has 1 saturated carbocycles. The summed E-state index contributed by atoms with van der Waals surface area (Å²) in [6.07, 6.45) is 1.74. The fourth-order valence-corrected chi connectivity index (χ4v) is 1.63. The van der Waals surface area contributed by atoms with Gasteiger partial charge in [-0.3, -0.25) is 4.79 Å². The van der Waals surface area contributed by atoms with E-state index in [1.807, 2.05) is 0 Å². The molecule has 5 nitrogen and oxygen atoms in total. The van der Waals surface area contributed by atoms with Crippen molar-refractivity contribution in [3.8, 4) is 0 Å². The van der Waals surface area contributed by atoms with E-state index < -0.39 is 0 Å². The standard InChI is InChI=1S/C10H20N2O3/c1-15-7-5-12(4-6-13)9(14)10(8-11)2-3-10/h13H,2-8,11H2,1H3. The molecule has 15 heavy (non-hydrogen) atoms. The van der Waals surface area contributed by atoms with Crippen LogP contribution >= 0.6 is 0 Å². The van der Waals surface area contributed by atoms with E-state index in [9.17, 15) is 4.79 Å². The van der Waals surface area contributed by atoms with Gasteiger partial charge in [0.2, 0.25) is 5.91 Å². The molecule has 1 fully saturated rings. The van der Waals surface area contributed by atoms with Gasteiger partial charge in [0.05, 0.1) is 18.6 Å².